The van der Waals surface area contributed by atoms with Crippen molar-refractivity contribution in [1.29, 1.82) is 0 Å². The molecule has 3 nitrogen and oxygen atoms in total. The highest BCUT2D eigenvalue weighted by atomic mass is 127. The van der Waals surface area contributed by atoms with E-state index in [4.69, 9.17) is 5.73 Å². The first-order chi connectivity index (χ1) is 7.58. The predicted octanol–water partition coefficient (Wildman–Crippen LogP) is 3.40. The Bertz CT molecular complexity index is 519. The first-order valence-electron chi connectivity index (χ1n) is 4.63. The van der Waals surface area contributed by atoms with Gasteiger partial charge in [0.2, 0.25) is 0 Å². The zero-order valence-electron chi connectivity index (χ0n) is 8.54. The van der Waals surface area contributed by atoms with Crippen LogP contribution in [0.25, 0.3) is 11.4 Å². The molecule has 0 aliphatic carbocycles. The van der Waals surface area contributed by atoms with Gasteiger partial charge in [0.05, 0.1) is 9.26 Å². The van der Waals surface area contributed by atoms with E-state index in [-0.39, 0.29) is 0 Å². The Morgan fingerprint density at radius 2 is 2.06 bits per heavy atom. The fraction of sp³-hybridized carbons (Fsp3) is 0.0909. The molecule has 0 fully saturated rings. The fourth-order valence-electron chi connectivity index (χ4n) is 1.34. The minimum atomic E-state index is 0.531. The van der Waals surface area contributed by atoms with Crippen LogP contribution in [-0.2, 0) is 0 Å². The van der Waals surface area contributed by atoms with Gasteiger partial charge in [-0.2, -0.15) is 0 Å². The molecule has 5 heteroatoms. The van der Waals surface area contributed by atoms with Crippen molar-refractivity contribution in [1.82, 2.24) is 9.97 Å². The van der Waals surface area contributed by atoms with Crippen molar-refractivity contribution in [2.24, 2.45) is 0 Å². The lowest BCUT2D eigenvalue weighted by Gasteiger charge is -2.06. The molecule has 0 unspecified atom stereocenters. The van der Waals surface area contributed by atoms with Crippen molar-refractivity contribution < 1.29 is 0 Å². The molecule has 0 amide bonds. The van der Waals surface area contributed by atoms with E-state index < -0.39 is 0 Å². The van der Waals surface area contributed by atoms with Gasteiger partial charge in [-0.1, -0.05) is 28.1 Å². The summed E-state index contributed by atoms with van der Waals surface area (Å²) in [4.78, 5) is 8.71. The van der Waals surface area contributed by atoms with Crippen molar-refractivity contribution in [2.45, 2.75) is 6.92 Å². The SMILES string of the molecule is Cc1nc(-c2cccc(Br)c2)nc(N)c1I. The Morgan fingerprint density at radius 3 is 2.69 bits per heavy atom. The highest BCUT2D eigenvalue weighted by Crippen LogP contribution is 2.23. The molecule has 0 bridgehead atoms. The summed E-state index contributed by atoms with van der Waals surface area (Å²) in [6.07, 6.45) is 0. The Labute approximate surface area is 116 Å². The highest BCUT2D eigenvalue weighted by Gasteiger charge is 2.08. The molecule has 82 valence electrons. The largest absolute Gasteiger partial charge is 0.383 e. The third-order valence-electron chi connectivity index (χ3n) is 2.13. The van der Waals surface area contributed by atoms with Crippen LogP contribution in [0, 0.1) is 10.5 Å². The molecule has 0 spiro atoms. The Kier molecular flexibility index (Phi) is 3.44. The fourth-order valence-corrected chi connectivity index (χ4v) is 1.98. The van der Waals surface area contributed by atoms with Gasteiger partial charge in [-0.05, 0) is 41.6 Å². The second-order valence-electron chi connectivity index (χ2n) is 3.34. The van der Waals surface area contributed by atoms with Crippen LogP contribution in [0.2, 0.25) is 0 Å². The Balaban J connectivity index is 2.57. The van der Waals surface area contributed by atoms with Gasteiger partial charge in [-0.15, -0.1) is 0 Å². The Hall–Kier alpha value is -0.690. The minimum absolute atomic E-state index is 0.531. The van der Waals surface area contributed by atoms with Crippen molar-refractivity contribution in [3.63, 3.8) is 0 Å². The first kappa shape index (κ1) is 11.8. The molecule has 0 aliphatic heterocycles. The number of benzene rings is 1. The van der Waals surface area contributed by atoms with Crippen molar-refractivity contribution >= 4 is 44.3 Å². The summed E-state index contributed by atoms with van der Waals surface area (Å²) in [6, 6.07) is 7.85. The van der Waals surface area contributed by atoms with E-state index in [0.717, 1.165) is 19.3 Å². The molecule has 0 saturated heterocycles. The van der Waals surface area contributed by atoms with Gasteiger partial charge in [0.15, 0.2) is 5.82 Å². The third-order valence-corrected chi connectivity index (χ3v) is 3.95. The molecule has 0 aliphatic rings. The van der Waals surface area contributed by atoms with Gasteiger partial charge in [-0.25, -0.2) is 9.97 Å². The van der Waals surface area contributed by atoms with Crippen LogP contribution in [0.4, 0.5) is 5.82 Å². The molecule has 2 aromatic rings. The lowest BCUT2D eigenvalue weighted by atomic mass is 10.2. The average Bonchev–Trinajstić information content (AvgIpc) is 2.25. The number of anilines is 1. The predicted molar refractivity (Wildman–Crippen MR) is 77.0 cm³/mol. The number of halogens is 2. The zero-order valence-corrected chi connectivity index (χ0v) is 12.3. The highest BCUT2D eigenvalue weighted by molar-refractivity contribution is 14.1. The number of rotatable bonds is 1. The number of nitrogens with zero attached hydrogens (tertiary/aromatic N) is 2. The molecule has 1 heterocycles. The van der Waals surface area contributed by atoms with E-state index in [1.807, 2.05) is 31.2 Å². The van der Waals surface area contributed by atoms with Crippen LogP contribution in [0.1, 0.15) is 5.69 Å². The van der Waals surface area contributed by atoms with Crippen LogP contribution in [0.15, 0.2) is 28.7 Å². The number of hydrogen-bond donors (Lipinski definition) is 1. The topological polar surface area (TPSA) is 51.8 Å². The molecule has 0 atom stereocenters. The minimum Gasteiger partial charge on any atom is -0.383 e. The summed E-state index contributed by atoms with van der Waals surface area (Å²) >= 11 is 5.57. The van der Waals surface area contributed by atoms with E-state index in [1.165, 1.54) is 0 Å². The molecule has 1 aromatic heterocycles. The summed E-state index contributed by atoms with van der Waals surface area (Å²) in [5.41, 5.74) is 7.69. The average molecular weight is 390 g/mol. The summed E-state index contributed by atoms with van der Waals surface area (Å²) in [5, 5.41) is 0. The van der Waals surface area contributed by atoms with Crippen LogP contribution < -0.4 is 5.73 Å². The molecular weight excluding hydrogens is 381 g/mol. The van der Waals surface area contributed by atoms with E-state index in [2.05, 4.69) is 48.5 Å². The van der Waals surface area contributed by atoms with Gasteiger partial charge in [0.1, 0.15) is 5.82 Å². The zero-order chi connectivity index (χ0) is 11.7. The Morgan fingerprint density at radius 1 is 1.31 bits per heavy atom. The maximum atomic E-state index is 5.83. The summed E-state index contributed by atoms with van der Waals surface area (Å²) < 4.78 is 1.92. The number of aryl methyl sites for hydroxylation is 1. The monoisotopic (exact) mass is 389 g/mol. The molecule has 0 radical (unpaired) electrons. The molecule has 0 saturated carbocycles. The molecule has 1 aromatic carbocycles. The third kappa shape index (κ3) is 2.35. The number of aromatic nitrogens is 2. The standard InChI is InChI=1S/C11H9BrIN3/c1-6-9(13)10(14)16-11(15-6)7-3-2-4-8(12)5-7/h2-5H,1H3,(H2,14,15,16). The van der Waals surface area contributed by atoms with E-state index >= 15 is 0 Å². The summed E-state index contributed by atoms with van der Waals surface area (Å²) in [7, 11) is 0. The van der Waals surface area contributed by atoms with Crippen molar-refractivity contribution in [3.8, 4) is 11.4 Å². The molecule has 2 rings (SSSR count). The molecule has 16 heavy (non-hydrogen) atoms. The maximum absolute atomic E-state index is 5.83. The smallest absolute Gasteiger partial charge is 0.161 e. The molecule has 2 N–H and O–H groups in total. The van der Waals surface area contributed by atoms with E-state index in [0.29, 0.717) is 11.6 Å². The lowest BCUT2D eigenvalue weighted by Crippen LogP contribution is -2.02. The van der Waals surface area contributed by atoms with Gasteiger partial charge >= 0.3 is 0 Å². The quantitative estimate of drug-likeness (QED) is 0.760. The number of nitrogen functional groups attached to an aromatic ring is 1. The lowest BCUT2D eigenvalue weighted by molar-refractivity contribution is 1.10. The van der Waals surface area contributed by atoms with Gasteiger partial charge < -0.3 is 5.73 Å². The van der Waals surface area contributed by atoms with E-state index in [1.54, 1.807) is 0 Å². The van der Waals surface area contributed by atoms with Gasteiger partial charge in [-0.3, -0.25) is 0 Å². The summed E-state index contributed by atoms with van der Waals surface area (Å²) in [6.45, 7) is 1.93. The van der Waals surface area contributed by atoms with Gasteiger partial charge in [0, 0.05) is 10.0 Å². The molecular formula is C11H9BrIN3. The summed E-state index contributed by atoms with van der Waals surface area (Å²) in [5.74, 6) is 1.19. The second-order valence-corrected chi connectivity index (χ2v) is 5.34. The number of nitrogens with two attached hydrogens (primary N) is 1. The van der Waals surface area contributed by atoms with Gasteiger partial charge in [0.25, 0.3) is 0 Å². The first-order valence-corrected chi connectivity index (χ1v) is 6.50. The van der Waals surface area contributed by atoms with Crippen molar-refractivity contribution in [3.05, 3.63) is 38.0 Å². The van der Waals surface area contributed by atoms with Crippen LogP contribution in [0.3, 0.4) is 0 Å². The normalized spacial score (nSPS) is 10.4. The van der Waals surface area contributed by atoms with Crippen molar-refractivity contribution in [2.75, 3.05) is 5.73 Å². The maximum Gasteiger partial charge on any atom is 0.161 e. The van der Waals surface area contributed by atoms with Crippen LogP contribution >= 0.6 is 38.5 Å². The van der Waals surface area contributed by atoms with E-state index in [9.17, 15) is 0 Å². The van der Waals surface area contributed by atoms with Crippen LogP contribution in [0.5, 0.6) is 0 Å². The van der Waals surface area contributed by atoms with Crippen LogP contribution in [-0.4, -0.2) is 9.97 Å². The second kappa shape index (κ2) is 4.67. The number of hydrogen-bond acceptors (Lipinski definition) is 3.